The van der Waals surface area contributed by atoms with Gasteiger partial charge in [0.25, 0.3) is 10.1 Å². The summed E-state index contributed by atoms with van der Waals surface area (Å²) in [6.07, 6.45) is 2.33. The number of allylic oxidation sites excluding steroid dienone is 1. The summed E-state index contributed by atoms with van der Waals surface area (Å²) in [6, 6.07) is 16.7. The van der Waals surface area contributed by atoms with Crippen LogP contribution in [0.15, 0.2) is 71.1 Å². The Labute approximate surface area is 193 Å². The highest BCUT2D eigenvalue weighted by Gasteiger charge is 2.26. The minimum atomic E-state index is -4.02. The summed E-state index contributed by atoms with van der Waals surface area (Å²) in [4.78, 5) is 14.3. The predicted octanol–water partition coefficient (Wildman–Crippen LogP) is 4.23. The molecule has 4 rings (SSSR count). The molecule has 0 amide bonds. The lowest BCUT2D eigenvalue weighted by atomic mass is 10.1. The fraction of sp³-hybridized carbons (Fsp3) is 0.160. The average molecular weight is 468 g/mol. The molecule has 3 aromatic carbocycles. The van der Waals surface area contributed by atoms with Crippen LogP contribution in [0.3, 0.4) is 0 Å². The van der Waals surface area contributed by atoms with Crippen molar-refractivity contribution in [3.63, 3.8) is 0 Å². The van der Waals surface area contributed by atoms with Crippen LogP contribution in [-0.2, 0) is 16.5 Å². The summed E-state index contributed by atoms with van der Waals surface area (Å²) in [7, 11) is -0.0681. The molecule has 0 saturated carbocycles. The van der Waals surface area contributed by atoms with Crippen molar-refractivity contribution in [2.75, 3.05) is 19.0 Å². The van der Waals surface area contributed by atoms with Gasteiger partial charge in [0.1, 0.15) is 0 Å². The van der Waals surface area contributed by atoms with Crippen molar-refractivity contribution in [3.8, 4) is 11.5 Å². The summed E-state index contributed by atoms with van der Waals surface area (Å²) in [5, 5.41) is 19.1. The first-order chi connectivity index (χ1) is 15.5. The van der Waals surface area contributed by atoms with Crippen LogP contribution in [0.5, 0.6) is 11.5 Å². The van der Waals surface area contributed by atoms with Crippen LogP contribution in [0.4, 0.5) is 5.69 Å². The van der Waals surface area contributed by atoms with E-state index in [1.165, 1.54) is 24.3 Å². The molecule has 0 spiro atoms. The van der Waals surface area contributed by atoms with E-state index >= 15 is 0 Å². The van der Waals surface area contributed by atoms with Gasteiger partial charge in [0.2, 0.25) is 0 Å². The summed E-state index contributed by atoms with van der Waals surface area (Å²) in [5.41, 5.74) is 4.88. The van der Waals surface area contributed by atoms with Crippen molar-refractivity contribution >= 4 is 27.7 Å². The molecule has 0 heterocycles. The number of hydrogen-bond donors (Lipinski definition) is 3. The van der Waals surface area contributed by atoms with E-state index in [9.17, 15) is 23.4 Å². The zero-order valence-corrected chi connectivity index (χ0v) is 19.3. The van der Waals surface area contributed by atoms with E-state index in [0.717, 1.165) is 22.4 Å². The Balaban J connectivity index is 0.000000235. The molecule has 0 atom stereocenters. The Morgan fingerprint density at radius 3 is 2.03 bits per heavy atom. The zero-order chi connectivity index (χ0) is 24.3. The molecule has 0 saturated heterocycles. The number of fused-ring (bicyclic) bond motifs is 1. The monoisotopic (exact) mass is 467 g/mol. The molecule has 1 aliphatic carbocycles. The Kier molecular flexibility index (Phi) is 6.90. The van der Waals surface area contributed by atoms with Crippen molar-refractivity contribution < 1.29 is 28.0 Å². The van der Waals surface area contributed by atoms with Gasteiger partial charge in [-0.2, -0.15) is 8.42 Å². The second-order valence-corrected chi connectivity index (χ2v) is 9.37. The lowest BCUT2D eigenvalue weighted by molar-refractivity contribution is 0.104. The topological polar surface area (TPSA) is 115 Å². The molecule has 33 heavy (non-hydrogen) atoms. The normalized spacial score (nSPS) is 13.9. The highest BCUT2D eigenvalue weighted by molar-refractivity contribution is 7.85. The lowest BCUT2D eigenvalue weighted by Gasteiger charge is -2.11. The summed E-state index contributed by atoms with van der Waals surface area (Å²) in [5.74, 6) is -0.547. The van der Waals surface area contributed by atoms with Crippen LogP contribution in [0, 0.1) is 6.92 Å². The van der Waals surface area contributed by atoms with Crippen molar-refractivity contribution in [1.29, 1.82) is 0 Å². The lowest BCUT2D eigenvalue weighted by Crippen LogP contribution is -2.07. The molecule has 0 aromatic heterocycles. The van der Waals surface area contributed by atoms with E-state index in [0.29, 0.717) is 17.6 Å². The Morgan fingerprint density at radius 2 is 1.48 bits per heavy atom. The van der Waals surface area contributed by atoms with Gasteiger partial charge in [0, 0.05) is 37.3 Å². The molecule has 0 fully saturated rings. The number of ketones is 1. The number of benzene rings is 3. The largest absolute Gasteiger partial charge is 0.504 e. The van der Waals surface area contributed by atoms with E-state index in [4.69, 9.17) is 4.55 Å². The summed E-state index contributed by atoms with van der Waals surface area (Å²) < 4.78 is 29.6. The molecule has 3 aromatic rings. The van der Waals surface area contributed by atoms with Crippen LogP contribution in [0.2, 0.25) is 0 Å². The van der Waals surface area contributed by atoms with Crippen LogP contribution in [-0.4, -0.2) is 43.1 Å². The number of phenolic OH excluding ortho intramolecular Hbond substituents is 2. The zero-order valence-electron chi connectivity index (χ0n) is 18.5. The predicted molar refractivity (Wildman–Crippen MR) is 128 cm³/mol. The van der Waals surface area contributed by atoms with Crippen LogP contribution in [0.25, 0.3) is 6.08 Å². The number of aromatic hydroxyl groups is 2. The van der Waals surface area contributed by atoms with Gasteiger partial charge in [-0.25, -0.2) is 0 Å². The quantitative estimate of drug-likeness (QED) is 0.300. The van der Waals surface area contributed by atoms with Crippen LogP contribution < -0.4 is 4.90 Å². The number of anilines is 1. The third kappa shape index (κ3) is 5.79. The van der Waals surface area contributed by atoms with Gasteiger partial charge in [-0.1, -0.05) is 29.8 Å². The molecule has 0 radical (unpaired) electrons. The van der Waals surface area contributed by atoms with Crippen molar-refractivity contribution in [2.45, 2.75) is 18.2 Å². The van der Waals surface area contributed by atoms with Gasteiger partial charge in [0.05, 0.1) is 4.90 Å². The van der Waals surface area contributed by atoms with Gasteiger partial charge in [-0.05, 0) is 60.5 Å². The van der Waals surface area contributed by atoms with Gasteiger partial charge in [-0.3, -0.25) is 9.35 Å². The second kappa shape index (κ2) is 9.48. The molecular weight excluding hydrogens is 442 g/mol. The smallest absolute Gasteiger partial charge is 0.294 e. The van der Waals surface area contributed by atoms with Gasteiger partial charge in [-0.15, -0.1) is 0 Å². The molecule has 0 bridgehead atoms. The van der Waals surface area contributed by atoms with Crippen molar-refractivity contribution in [2.24, 2.45) is 0 Å². The van der Waals surface area contributed by atoms with Gasteiger partial charge in [0.15, 0.2) is 17.3 Å². The first-order valence-corrected chi connectivity index (χ1v) is 11.5. The van der Waals surface area contributed by atoms with Crippen molar-refractivity contribution in [3.05, 3.63) is 88.5 Å². The third-order valence-electron chi connectivity index (χ3n) is 5.19. The number of nitrogens with zero attached hydrogens (tertiary/aromatic N) is 1. The van der Waals surface area contributed by atoms with Gasteiger partial charge < -0.3 is 15.1 Å². The Morgan fingerprint density at radius 1 is 0.909 bits per heavy atom. The molecule has 172 valence electrons. The number of aryl methyl sites for hydroxylation is 1. The number of rotatable bonds is 3. The number of phenols is 2. The van der Waals surface area contributed by atoms with E-state index in [2.05, 4.69) is 0 Å². The maximum atomic E-state index is 12.4. The minimum absolute atomic E-state index is 0.0666. The highest BCUT2D eigenvalue weighted by atomic mass is 32.2. The SMILES string of the molecule is CN(C)c1ccc(/C=C2\Cc3cc(O)c(O)cc3C2=O)cc1.Cc1ccc(S(=O)(=O)O)cc1. The standard InChI is InChI=1S/C18H17NO3.C7H8O3S/c1-19(2)14-5-3-11(4-6-14)7-13-8-12-9-16(20)17(21)10-15(12)18(13)22;1-6-2-4-7(5-3-6)11(8,9)10/h3-7,9-10,20-21H,8H2,1-2H3;2-5H,1H3,(H,8,9,10)/b13-7+;. The number of hydrogen-bond acceptors (Lipinski definition) is 6. The van der Waals surface area contributed by atoms with E-state index in [1.807, 2.05) is 56.3 Å². The number of Topliss-reactive ketones (excluding diaryl/α,β-unsaturated/α-hetero) is 1. The second-order valence-electron chi connectivity index (χ2n) is 7.95. The molecule has 8 heteroatoms. The Bertz CT molecular complexity index is 1310. The fourth-order valence-corrected chi connectivity index (χ4v) is 3.81. The van der Waals surface area contributed by atoms with E-state index in [-0.39, 0.29) is 22.2 Å². The minimum Gasteiger partial charge on any atom is -0.504 e. The molecule has 1 aliphatic rings. The molecule has 3 N–H and O–H groups in total. The molecular formula is C25H25NO6S. The van der Waals surface area contributed by atoms with Crippen LogP contribution in [0.1, 0.15) is 27.0 Å². The molecule has 7 nitrogen and oxygen atoms in total. The summed E-state index contributed by atoms with van der Waals surface area (Å²) >= 11 is 0. The maximum absolute atomic E-state index is 12.4. The molecule has 0 unspecified atom stereocenters. The Hall–Kier alpha value is -3.62. The van der Waals surface area contributed by atoms with E-state index in [1.54, 1.807) is 12.1 Å². The third-order valence-corrected chi connectivity index (χ3v) is 6.05. The maximum Gasteiger partial charge on any atom is 0.294 e. The molecule has 0 aliphatic heterocycles. The average Bonchev–Trinajstić information content (AvgIpc) is 3.03. The first-order valence-electron chi connectivity index (χ1n) is 10.1. The van der Waals surface area contributed by atoms with Gasteiger partial charge >= 0.3 is 0 Å². The first kappa shape index (κ1) is 24.0. The number of carbonyl (C=O) groups excluding carboxylic acids is 1. The van der Waals surface area contributed by atoms with Crippen LogP contribution >= 0.6 is 0 Å². The highest BCUT2D eigenvalue weighted by Crippen LogP contribution is 2.35. The van der Waals surface area contributed by atoms with E-state index < -0.39 is 10.1 Å². The fourth-order valence-electron chi connectivity index (χ4n) is 3.33. The van der Waals surface area contributed by atoms with Crippen molar-refractivity contribution in [1.82, 2.24) is 0 Å². The summed E-state index contributed by atoms with van der Waals surface area (Å²) in [6.45, 7) is 1.84. The number of carbonyl (C=O) groups is 1.